The molecule has 1 aromatic heterocycles. The van der Waals surface area contributed by atoms with Gasteiger partial charge in [0.15, 0.2) is 5.76 Å². The summed E-state index contributed by atoms with van der Waals surface area (Å²) >= 11 is 0. The third-order valence-corrected chi connectivity index (χ3v) is 4.01. The Morgan fingerprint density at radius 3 is 2.59 bits per heavy atom. The van der Waals surface area contributed by atoms with E-state index in [9.17, 15) is 19.7 Å². The number of carbonyl (C=O) groups is 2. The zero-order chi connectivity index (χ0) is 19.4. The molecule has 10 heteroatoms. The van der Waals surface area contributed by atoms with E-state index >= 15 is 0 Å². The zero-order valence-electron chi connectivity index (χ0n) is 14.5. The van der Waals surface area contributed by atoms with E-state index in [1.54, 1.807) is 12.1 Å². The number of methoxy groups -OCH3 is 1. The number of ether oxygens (including phenoxy) is 2. The minimum atomic E-state index is -0.733. The van der Waals surface area contributed by atoms with Crippen LogP contribution < -0.4 is 10.2 Å². The van der Waals surface area contributed by atoms with Crippen molar-refractivity contribution in [2.24, 2.45) is 0 Å². The van der Waals surface area contributed by atoms with E-state index in [1.807, 2.05) is 4.90 Å². The number of amides is 1. The number of anilines is 2. The highest BCUT2D eigenvalue weighted by molar-refractivity contribution is 6.04. The molecule has 1 N–H and O–H groups in total. The van der Waals surface area contributed by atoms with Crippen LogP contribution in [-0.4, -0.2) is 50.2 Å². The summed E-state index contributed by atoms with van der Waals surface area (Å²) in [6.45, 7) is 2.37. The highest BCUT2D eigenvalue weighted by Gasteiger charge is 2.22. The van der Waals surface area contributed by atoms with Gasteiger partial charge in [-0.15, -0.1) is 0 Å². The Hall–Kier alpha value is -3.40. The van der Waals surface area contributed by atoms with E-state index in [2.05, 4.69) is 5.32 Å². The smallest absolute Gasteiger partial charge is 0.433 e. The fourth-order valence-corrected chi connectivity index (χ4v) is 2.71. The summed E-state index contributed by atoms with van der Waals surface area (Å²) in [5, 5.41) is 13.2. The summed E-state index contributed by atoms with van der Waals surface area (Å²) in [6, 6.07) is 7.13. The molecule has 0 aliphatic carbocycles. The number of benzene rings is 1. The van der Waals surface area contributed by atoms with Gasteiger partial charge in [0.05, 0.1) is 37.6 Å². The van der Waals surface area contributed by atoms with Crippen LogP contribution >= 0.6 is 0 Å². The van der Waals surface area contributed by atoms with Gasteiger partial charge in [-0.2, -0.15) is 0 Å². The van der Waals surface area contributed by atoms with Crippen molar-refractivity contribution in [1.82, 2.24) is 0 Å². The van der Waals surface area contributed by atoms with E-state index in [-0.39, 0.29) is 5.76 Å². The number of morpholine rings is 1. The number of nitrogens with zero attached hydrogens (tertiary/aromatic N) is 2. The second kappa shape index (κ2) is 7.87. The molecule has 0 atom stereocenters. The van der Waals surface area contributed by atoms with E-state index in [0.717, 1.165) is 6.07 Å². The first-order chi connectivity index (χ1) is 13.0. The third-order valence-electron chi connectivity index (χ3n) is 4.01. The van der Waals surface area contributed by atoms with Crippen LogP contribution in [0.15, 0.2) is 34.7 Å². The number of esters is 1. The Balaban J connectivity index is 1.83. The van der Waals surface area contributed by atoms with E-state index < -0.39 is 22.7 Å². The summed E-state index contributed by atoms with van der Waals surface area (Å²) in [5.41, 5.74) is 1.30. The van der Waals surface area contributed by atoms with E-state index in [4.69, 9.17) is 13.9 Å². The van der Waals surface area contributed by atoms with Crippen LogP contribution in [0.4, 0.5) is 17.3 Å². The monoisotopic (exact) mass is 375 g/mol. The summed E-state index contributed by atoms with van der Waals surface area (Å²) in [6.07, 6.45) is 0. The molecule has 10 nitrogen and oxygen atoms in total. The van der Waals surface area contributed by atoms with Gasteiger partial charge in [-0.05, 0) is 24.3 Å². The van der Waals surface area contributed by atoms with Gasteiger partial charge in [0.1, 0.15) is 4.92 Å². The van der Waals surface area contributed by atoms with Crippen molar-refractivity contribution >= 4 is 29.1 Å². The predicted molar refractivity (Wildman–Crippen MR) is 94.1 cm³/mol. The summed E-state index contributed by atoms with van der Waals surface area (Å²) < 4.78 is 15.0. The molecule has 0 saturated carbocycles. The molecular formula is C17H17N3O7. The zero-order valence-corrected chi connectivity index (χ0v) is 14.5. The number of hydrogen-bond acceptors (Lipinski definition) is 8. The van der Waals surface area contributed by atoms with Crippen molar-refractivity contribution in [3.05, 3.63) is 51.8 Å². The van der Waals surface area contributed by atoms with Gasteiger partial charge in [-0.1, -0.05) is 0 Å². The van der Waals surface area contributed by atoms with Crippen molar-refractivity contribution in [3.63, 3.8) is 0 Å². The predicted octanol–water partition coefficient (Wildman–Crippen LogP) is 2.06. The maximum Gasteiger partial charge on any atom is 0.433 e. The molecular weight excluding hydrogens is 358 g/mol. The Bertz CT molecular complexity index is 871. The van der Waals surface area contributed by atoms with Gasteiger partial charge in [-0.25, -0.2) is 4.79 Å². The average molecular weight is 375 g/mol. The average Bonchev–Trinajstić information content (AvgIpc) is 3.19. The van der Waals surface area contributed by atoms with Crippen LogP contribution in [0.5, 0.6) is 0 Å². The number of rotatable bonds is 5. The fourth-order valence-electron chi connectivity index (χ4n) is 2.71. The molecule has 1 aromatic carbocycles. The molecule has 0 radical (unpaired) electrons. The lowest BCUT2D eigenvalue weighted by molar-refractivity contribution is -0.402. The highest BCUT2D eigenvalue weighted by Crippen LogP contribution is 2.27. The van der Waals surface area contributed by atoms with Crippen LogP contribution in [-0.2, 0) is 9.47 Å². The summed E-state index contributed by atoms with van der Waals surface area (Å²) in [4.78, 5) is 36.3. The van der Waals surface area contributed by atoms with Crippen molar-refractivity contribution in [1.29, 1.82) is 0 Å². The molecule has 0 unspecified atom stereocenters. The fraction of sp³-hybridized carbons (Fsp3) is 0.294. The lowest BCUT2D eigenvalue weighted by atomic mass is 10.1. The lowest BCUT2D eigenvalue weighted by Gasteiger charge is -2.30. The molecule has 142 valence electrons. The maximum absolute atomic E-state index is 12.2. The van der Waals surface area contributed by atoms with Gasteiger partial charge in [0, 0.05) is 18.8 Å². The molecule has 2 aromatic rings. The molecule has 1 aliphatic heterocycles. The molecule has 1 saturated heterocycles. The molecule has 1 amide bonds. The maximum atomic E-state index is 12.2. The van der Waals surface area contributed by atoms with Crippen LogP contribution in [0.3, 0.4) is 0 Å². The standard InChI is InChI=1S/C17H17N3O7/c1-25-17(22)12-10-11(2-3-13(12)19-6-8-26-9-7-19)18-16(21)14-4-5-15(27-14)20(23)24/h2-5,10H,6-9H2,1H3,(H,18,21). The molecule has 0 bridgehead atoms. The number of nitrogens with one attached hydrogen (secondary N) is 1. The second-order valence-corrected chi connectivity index (χ2v) is 5.67. The summed E-state index contributed by atoms with van der Waals surface area (Å²) in [7, 11) is 1.28. The quantitative estimate of drug-likeness (QED) is 0.478. The van der Waals surface area contributed by atoms with Gasteiger partial charge >= 0.3 is 11.9 Å². The SMILES string of the molecule is COC(=O)c1cc(NC(=O)c2ccc([N+](=O)[O-])o2)ccc1N1CCOCC1. The number of carbonyl (C=O) groups excluding carboxylic acids is 2. The minimum absolute atomic E-state index is 0.210. The Labute approximate surface area is 153 Å². The van der Waals surface area contributed by atoms with Gasteiger partial charge in [0.25, 0.3) is 5.91 Å². The molecule has 27 heavy (non-hydrogen) atoms. The Morgan fingerprint density at radius 1 is 1.22 bits per heavy atom. The lowest BCUT2D eigenvalue weighted by Crippen LogP contribution is -2.37. The van der Waals surface area contributed by atoms with E-state index in [0.29, 0.717) is 43.2 Å². The molecule has 2 heterocycles. The van der Waals surface area contributed by atoms with Gasteiger partial charge in [0.2, 0.25) is 0 Å². The molecule has 3 rings (SSSR count). The first-order valence-corrected chi connectivity index (χ1v) is 8.10. The normalized spacial score (nSPS) is 13.9. The van der Waals surface area contributed by atoms with Crippen molar-refractivity contribution in [2.75, 3.05) is 43.6 Å². The summed E-state index contributed by atoms with van der Waals surface area (Å²) in [5.74, 6) is -1.95. The van der Waals surface area contributed by atoms with Crippen molar-refractivity contribution < 1.29 is 28.4 Å². The van der Waals surface area contributed by atoms with E-state index in [1.165, 1.54) is 19.2 Å². The number of furan rings is 1. The van der Waals surface area contributed by atoms with Crippen LogP contribution in [0.2, 0.25) is 0 Å². The number of nitro groups is 1. The first kappa shape index (κ1) is 18.4. The Morgan fingerprint density at radius 2 is 1.96 bits per heavy atom. The topological polar surface area (TPSA) is 124 Å². The molecule has 0 spiro atoms. The third kappa shape index (κ3) is 4.06. The van der Waals surface area contributed by atoms with Crippen LogP contribution in [0.25, 0.3) is 0 Å². The number of hydrogen-bond donors (Lipinski definition) is 1. The Kier molecular flexibility index (Phi) is 5.36. The van der Waals surface area contributed by atoms with Crippen molar-refractivity contribution in [3.8, 4) is 0 Å². The first-order valence-electron chi connectivity index (χ1n) is 8.10. The molecule has 1 fully saturated rings. The van der Waals surface area contributed by atoms with Crippen LogP contribution in [0.1, 0.15) is 20.9 Å². The van der Waals surface area contributed by atoms with Gasteiger partial charge in [-0.3, -0.25) is 14.9 Å². The molecule has 1 aliphatic rings. The van der Waals surface area contributed by atoms with Crippen LogP contribution in [0, 0.1) is 10.1 Å². The van der Waals surface area contributed by atoms with Crippen molar-refractivity contribution in [2.45, 2.75) is 0 Å². The second-order valence-electron chi connectivity index (χ2n) is 5.67. The largest absolute Gasteiger partial charge is 0.465 e. The van der Waals surface area contributed by atoms with Gasteiger partial charge < -0.3 is 24.1 Å². The highest BCUT2D eigenvalue weighted by atomic mass is 16.6. The minimum Gasteiger partial charge on any atom is -0.465 e.